The Kier molecular flexibility index (Phi) is 9.39. The number of hydrogen-bond donors (Lipinski definition) is 1. The third-order valence-corrected chi connectivity index (χ3v) is 11.5. The molecule has 10 nitrogen and oxygen atoms in total. The first-order valence-corrected chi connectivity index (χ1v) is 18.2. The van der Waals surface area contributed by atoms with E-state index in [-0.39, 0.29) is 29.9 Å². The molecule has 2 unspecified atom stereocenters. The maximum atomic E-state index is 12.4. The lowest BCUT2D eigenvalue weighted by atomic mass is 9.88. The molecule has 5 heterocycles. The zero-order valence-electron chi connectivity index (χ0n) is 26.9. The highest BCUT2D eigenvalue weighted by atomic mass is 35.5. The Morgan fingerprint density at radius 1 is 0.938 bits per heavy atom. The van der Waals surface area contributed by atoms with E-state index in [4.69, 9.17) is 21.1 Å². The normalized spacial score (nSPS) is 17.8. The number of fused-ring (bicyclic) bond motifs is 7. The lowest BCUT2D eigenvalue weighted by Gasteiger charge is -2.22. The van der Waals surface area contributed by atoms with Crippen LogP contribution in [0.25, 0.3) is 20.4 Å². The summed E-state index contributed by atoms with van der Waals surface area (Å²) >= 11 is 9.42. The SMILES string of the molecule is CC(C)OC(=O)C1CCc2c(sc3ncnc(Nc4ccc5c(c4)C=NC5)c23)C1.CCOC(=O)C1CCc2c(sc3ncnc(Cl)c23)C1. The number of carbonyl (C=O) groups is 2. The minimum absolute atomic E-state index is 0.0350. The minimum atomic E-state index is -0.0946. The van der Waals surface area contributed by atoms with Gasteiger partial charge in [-0.05, 0) is 93.7 Å². The van der Waals surface area contributed by atoms with Gasteiger partial charge in [-0.2, -0.15) is 0 Å². The van der Waals surface area contributed by atoms with Gasteiger partial charge >= 0.3 is 11.9 Å². The Morgan fingerprint density at radius 2 is 1.60 bits per heavy atom. The Hall–Kier alpha value is -4.00. The van der Waals surface area contributed by atoms with Gasteiger partial charge in [0.1, 0.15) is 33.3 Å². The molecule has 13 heteroatoms. The first-order valence-electron chi connectivity index (χ1n) is 16.2. The maximum absolute atomic E-state index is 12.4. The van der Waals surface area contributed by atoms with Crippen molar-refractivity contribution in [3.8, 4) is 0 Å². The summed E-state index contributed by atoms with van der Waals surface area (Å²) in [6.45, 7) is 6.81. The van der Waals surface area contributed by atoms with Crippen molar-refractivity contribution >= 4 is 84.4 Å². The van der Waals surface area contributed by atoms with Gasteiger partial charge in [-0.1, -0.05) is 17.7 Å². The molecule has 2 atom stereocenters. The molecule has 1 aromatic carbocycles. The van der Waals surface area contributed by atoms with Crippen molar-refractivity contribution in [1.82, 2.24) is 19.9 Å². The third-order valence-electron chi connectivity index (χ3n) is 8.85. The number of aliphatic imine (C=N–C) groups is 1. The van der Waals surface area contributed by atoms with Gasteiger partial charge < -0.3 is 14.8 Å². The summed E-state index contributed by atoms with van der Waals surface area (Å²) in [6, 6.07) is 6.28. The number of aromatic nitrogens is 4. The van der Waals surface area contributed by atoms with E-state index in [1.807, 2.05) is 27.0 Å². The first kappa shape index (κ1) is 32.5. The van der Waals surface area contributed by atoms with Crippen LogP contribution in [-0.4, -0.2) is 50.8 Å². The molecule has 0 radical (unpaired) electrons. The molecule has 248 valence electrons. The number of hydrogen-bond acceptors (Lipinski definition) is 12. The molecule has 5 aromatic rings. The van der Waals surface area contributed by atoms with Crippen molar-refractivity contribution in [3.63, 3.8) is 0 Å². The molecule has 3 aliphatic rings. The molecule has 0 saturated heterocycles. The summed E-state index contributed by atoms with van der Waals surface area (Å²) in [5, 5.41) is 6.03. The summed E-state index contributed by atoms with van der Waals surface area (Å²) in [5.74, 6) is 0.534. The summed E-state index contributed by atoms with van der Waals surface area (Å²) < 4.78 is 10.5. The second-order valence-electron chi connectivity index (χ2n) is 12.4. The number of nitrogens with zero attached hydrogens (tertiary/aromatic N) is 5. The van der Waals surface area contributed by atoms with E-state index in [1.54, 1.807) is 29.0 Å². The number of thiophene rings is 2. The summed E-state index contributed by atoms with van der Waals surface area (Å²) in [7, 11) is 0. The fraction of sp³-hybridized carbons (Fsp3) is 0.400. The summed E-state index contributed by atoms with van der Waals surface area (Å²) in [4.78, 5) is 50.1. The van der Waals surface area contributed by atoms with Crippen LogP contribution in [0.5, 0.6) is 0 Å². The molecule has 8 rings (SSSR count). The monoisotopic (exact) mass is 702 g/mol. The highest BCUT2D eigenvalue weighted by Crippen LogP contribution is 2.42. The van der Waals surface area contributed by atoms with E-state index < -0.39 is 0 Å². The quantitative estimate of drug-likeness (QED) is 0.142. The van der Waals surface area contributed by atoms with Gasteiger partial charge in [-0.25, -0.2) is 19.9 Å². The lowest BCUT2D eigenvalue weighted by Crippen LogP contribution is -2.26. The van der Waals surface area contributed by atoms with Crippen LogP contribution in [0.1, 0.15) is 65.6 Å². The van der Waals surface area contributed by atoms with Crippen LogP contribution in [0.3, 0.4) is 0 Å². The van der Waals surface area contributed by atoms with E-state index in [0.717, 1.165) is 82.6 Å². The molecule has 0 amide bonds. The van der Waals surface area contributed by atoms with E-state index >= 15 is 0 Å². The number of aryl methyl sites for hydroxylation is 2. The van der Waals surface area contributed by atoms with Gasteiger partial charge in [0, 0.05) is 21.7 Å². The number of ether oxygens (including phenoxy) is 2. The topological polar surface area (TPSA) is 129 Å². The van der Waals surface area contributed by atoms with Crippen molar-refractivity contribution in [2.75, 3.05) is 11.9 Å². The number of benzene rings is 1. The van der Waals surface area contributed by atoms with Crippen molar-refractivity contribution in [1.29, 1.82) is 0 Å². The largest absolute Gasteiger partial charge is 0.466 e. The van der Waals surface area contributed by atoms with Gasteiger partial charge in [-0.15, -0.1) is 22.7 Å². The molecule has 48 heavy (non-hydrogen) atoms. The van der Waals surface area contributed by atoms with Crippen LogP contribution in [-0.2, 0) is 51.3 Å². The molecule has 1 aliphatic heterocycles. The van der Waals surface area contributed by atoms with Gasteiger partial charge in [-0.3, -0.25) is 14.6 Å². The number of esters is 2. The highest BCUT2D eigenvalue weighted by molar-refractivity contribution is 7.19. The van der Waals surface area contributed by atoms with Gasteiger partial charge in [0.25, 0.3) is 0 Å². The number of anilines is 2. The van der Waals surface area contributed by atoms with E-state index in [1.165, 1.54) is 32.8 Å². The number of halogens is 1. The number of carbonyl (C=O) groups excluding carboxylic acids is 2. The fourth-order valence-corrected chi connectivity index (χ4v) is 9.42. The van der Waals surface area contributed by atoms with Crippen molar-refractivity contribution in [2.45, 2.75) is 71.9 Å². The highest BCUT2D eigenvalue weighted by Gasteiger charge is 2.31. The van der Waals surface area contributed by atoms with E-state index in [2.05, 4.69) is 48.4 Å². The second kappa shape index (κ2) is 13.9. The lowest BCUT2D eigenvalue weighted by molar-refractivity contribution is -0.152. The van der Waals surface area contributed by atoms with Crippen LogP contribution >= 0.6 is 34.3 Å². The van der Waals surface area contributed by atoms with E-state index in [0.29, 0.717) is 11.8 Å². The Morgan fingerprint density at radius 3 is 2.31 bits per heavy atom. The Bertz CT molecular complexity index is 2060. The molecular formula is C35H35ClN6O4S2. The Balaban J connectivity index is 0.000000166. The molecule has 0 fully saturated rings. The summed E-state index contributed by atoms with van der Waals surface area (Å²) in [6.07, 6.45) is 9.66. The molecule has 2 aliphatic carbocycles. The fourth-order valence-electron chi connectivity index (χ4n) is 6.58. The van der Waals surface area contributed by atoms with Crippen LogP contribution < -0.4 is 5.32 Å². The number of rotatable bonds is 6. The standard InChI is InChI=1S/C22H22N4O2S.C13H13ClN2O2S/c1-12(2)28-22(27)13-4-6-17-18(8-13)29-21-19(17)20(24-11-25-21)26-16-5-3-14-9-23-10-15(14)7-16;1-2-18-13(17)7-3-4-8-9(5-7)19-12-10(8)11(14)15-6-16-12/h3,5,7,10-13H,4,6,8-9H2,1-2H3,(H,24,25,26);6-7H,2-5H2,1H3. The van der Waals surface area contributed by atoms with Gasteiger partial charge in [0.15, 0.2) is 0 Å². The molecule has 0 saturated carbocycles. The second-order valence-corrected chi connectivity index (χ2v) is 14.9. The zero-order valence-corrected chi connectivity index (χ0v) is 29.3. The predicted molar refractivity (Wildman–Crippen MR) is 190 cm³/mol. The minimum Gasteiger partial charge on any atom is -0.466 e. The molecule has 4 aromatic heterocycles. The Labute approximate surface area is 291 Å². The number of nitrogens with one attached hydrogen (secondary N) is 1. The first-order chi connectivity index (χ1) is 23.3. The molecule has 0 bridgehead atoms. The molecule has 0 spiro atoms. The van der Waals surface area contributed by atoms with Gasteiger partial charge in [0.2, 0.25) is 0 Å². The van der Waals surface area contributed by atoms with Gasteiger partial charge in [0.05, 0.1) is 41.9 Å². The van der Waals surface area contributed by atoms with Crippen molar-refractivity contribution < 1.29 is 19.1 Å². The van der Waals surface area contributed by atoms with Crippen LogP contribution in [0.4, 0.5) is 11.5 Å². The van der Waals surface area contributed by atoms with Crippen LogP contribution in [0.15, 0.2) is 35.8 Å². The van der Waals surface area contributed by atoms with E-state index in [9.17, 15) is 9.59 Å². The average Bonchev–Trinajstić information content (AvgIpc) is 3.79. The molecule has 1 N–H and O–H groups in total. The zero-order chi connectivity index (χ0) is 33.4. The van der Waals surface area contributed by atoms with Crippen LogP contribution in [0, 0.1) is 11.8 Å². The van der Waals surface area contributed by atoms with Crippen LogP contribution in [0.2, 0.25) is 5.15 Å². The predicted octanol–water partition coefficient (Wildman–Crippen LogP) is 7.44. The smallest absolute Gasteiger partial charge is 0.309 e. The molecular weight excluding hydrogens is 668 g/mol. The van der Waals surface area contributed by atoms with Crippen molar-refractivity contribution in [3.05, 3.63) is 68.0 Å². The maximum Gasteiger partial charge on any atom is 0.309 e. The average molecular weight is 703 g/mol. The third kappa shape index (κ3) is 6.53. The van der Waals surface area contributed by atoms with Crippen molar-refractivity contribution in [2.24, 2.45) is 16.8 Å². The summed E-state index contributed by atoms with van der Waals surface area (Å²) in [5.41, 5.74) is 5.87.